The zero-order valence-corrected chi connectivity index (χ0v) is 19.7. The third-order valence-electron chi connectivity index (χ3n) is 5.06. The van der Waals surface area contributed by atoms with Crippen LogP contribution in [0, 0.1) is 6.92 Å². The predicted octanol–water partition coefficient (Wildman–Crippen LogP) is -0.900. The minimum absolute atomic E-state index is 0. The van der Waals surface area contributed by atoms with Gasteiger partial charge in [0.25, 0.3) is 0 Å². The monoisotopic (exact) mass is 431 g/mol. The second-order valence-corrected chi connectivity index (χ2v) is 9.16. The number of sulfonamides is 1. The smallest absolute Gasteiger partial charge is 0.831 e. The maximum absolute atomic E-state index is 12.6. The van der Waals surface area contributed by atoms with Crippen LogP contribution in [0.4, 0.5) is 0 Å². The quantitative estimate of drug-likeness (QED) is 0.458. The van der Waals surface area contributed by atoms with Crippen molar-refractivity contribution < 1.29 is 48.2 Å². The van der Waals surface area contributed by atoms with Gasteiger partial charge >= 0.3 is 29.6 Å². The molecular weight excluding hydrogens is 409 g/mol. The molecule has 0 amide bonds. The minimum atomic E-state index is -3.60. The molecule has 2 aromatic carbocycles. The molecule has 0 aromatic heterocycles. The summed E-state index contributed by atoms with van der Waals surface area (Å²) in [6, 6.07) is 9.97. The zero-order chi connectivity index (χ0) is 19.6. The second kappa shape index (κ2) is 10.0. The van der Waals surface area contributed by atoms with Crippen LogP contribution in [0.5, 0.6) is 0 Å². The molecule has 8 heteroatoms. The number of nitrogens with one attached hydrogen (secondary N) is 1. The number of aliphatic hydroxyl groups is 1. The first-order chi connectivity index (χ1) is 12.8. The van der Waals surface area contributed by atoms with Gasteiger partial charge in [-0.15, -0.1) is 0 Å². The van der Waals surface area contributed by atoms with Gasteiger partial charge in [-0.3, -0.25) is 0 Å². The Morgan fingerprint density at radius 3 is 2.57 bits per heavy atom. The summed E-state index contributed by atoms with van der Waals surface area (Å²) in [5, 5.41) is 20.6. The molecule has 0 spiro atoms. The fourth-order valence-electron chi connectivity index (χ4n) is 3.67. The van der Waals surface area contributed by atoms with Crippen LogP contribution in [0.3, 0.4) is 0 Å². The van der Waals surface area contributed by atoms with E-state index in [1.807, 2.05) is 19.1 Å². The maximum atomic E-state index is 12.6. The molecule has 0 bridgehead atoms. The van der Waals surface area contributed by atoms with E-state index in [-0.39, 0.29) is 46.9 Å². The third-order valence-corrected chi connectivity index (χ3v) is 6.85. The van der Waals surface area contributed by atoms with Gasteiger partial charge in [0.1, 0.15) is 0 Å². The summed E-state index contributed by atoms with van der Waals surface area (Å²) in [4.78, 5) is 0.201. The van der Waals surface area contributed by atoms with Crippen LogP contribution >= 0.6 is 11.6 Å². The Bertz CT molecular complexity index is 917. The molecule has 0 saturated heterocycles. The maximum Gasteiger partial charge on any atom is 1.00 e. The molecule has 1 aliphatic rings. The Morgan fingerprint density at radius 2 is 1.93 bits per heavy atom. The van der Waals surface area contributed by atoms with E-state index in [2.05, 4.69) is 4.72 Å². The predicted molar refractivity (Wildman–Crippen MR) is 103 cm³/mol. The van der Waals surface area contributed by atoms with Crippen LogP contribution in [-0.4, -0.2) is 25.9 Å². The molecular formula is C20H23ClNNaO4S. The van der Waals surface area contributed by atoms with Crippen molar-refractivity contribution in [2.75, 3.05) is 0 Å². The first-order valence-corrected chi connectivity index (χ1v) is 10.8. The molecule has 1 aliphatic carbocycles. The average molecular weight is 432 g/mol. The van der Waals surface area contributed by atoms with E-state index in [0.717, 1.165) is 23.1 Å². The number of hydrogen-bond acceptors (Lipinski definition) is 4. The van der Waals surface area contributed by atoms with Gasteiger partial charge in [-0.05, 0) is 91.8 Å². The Hall–Kier alpha value is -0.440. The van der Waals surface area contributed by atoms with Gasteiger partial charge in [-0.2, -0.15) is 0 Å². The minimum Gasteiger partial charge on any atom is -0.831 e. The standard InChI is InChI=1S/C20H23ClNO4S.Na/c1-13-2-3-14-12-16(6-9-19(14)18(13)10-11-20(23)24)22-27(25,26)17-7-4-15(21)5-8-17;/h2-5,7-8,16,20,22-23H,6,9-12H2,1H3;/q-1;+1/t16-,20?;/m1./s1. The second-order valence-electron chi connectivity index (χ2n) is 7.01. The van der Waals surface area contributed by atoms with Crippen LogP contribution in [-0.2, 0) is 29.3 Å². The molecule has 0 radical (unpaired) electrons. The van der Waals surface area contributed by atoms with Crippen LogP contribution in [0.15, 0.2) is 41.3 Å². The summed E-state index contributed by atoms with van der Waals surface area (Å²) >= 11 is 5.83. The molecule has 0 fully saturated rings. The summed E-state index contributed by atoms with van der Waals surface area (Å²) in [7, 11) is -3.60. The van der Waals surface area contributed by atoms with E-state index in [1.165, 1.54) is 17.7 Å². The van der Waals surface area contributed by atoms with E-state index in [9.17, 15) is 13.5 Å². The van der Waals surface area contributed by atoms with E-state index >= 15 is 0 Å². The fourth-order valence-corrected chi connectivity index (χ4v) is 5.06. The van der Waals surface area contributed by atoms with Crippen molar-refractivity contribution in [1.82, 2.24) is 4.72 Å². The molecule has 0 heterocycles. The van der Waals surface area contributed by atoms with Gasteiger partial charge in [-0.1, -0.05) is 23.7 Å². The van der Waals surface area contributed by atoms with Crippen molar-refractivity contribution in [2.45, 2.75) is 56.3 Å². The van der Waals surface area contributed by atoms with E-state index in [4.69, 9.17) is 16.7 Å². The Kier molecular flexibility index (Phi) is 8.55. The molecule has 2 N–H and O–H groups in total. The van der Waals surface area contributed by atoms with Crippen molar-refractivity contribution in [3.05, 3.63) is 63.7 Å². The molecule has 3 rings (SSSR count). The third kappa shape index (κ3) is 5.80. The summed E-state index contributed by atoms with van der Waals surface area (Å²) in [6.07, 6.45) is 1.20. The Morgan fingerprint density at radius 1 is 1.25 bits per heavy atom. The Labute approximate surface area is 193 Å². The number of aryl methyl sites for hydroxylation is 1. The number of halogens is 1. The molecule has 146 valence electrons. The molecule has 1 unspecified atom stereocenters. The topological polar surface area (TPSA) is 89.5 Å². The van der Waals surface area contributed by atoms with Crippen molar-refractivity contribution >= 4 is 21.6 Å². The number of rotatable bonds is 6. The van der Waals surface area contributed by atoms with Gasteiger partial charge in [0.05, 0.1) is 4.90 Å². The van der Waals surface area contributed by atoms with Gasteiger partial charge < -0.3 is 10.2 Å². The largest absolute Gasteiger partial charge is 1.00 e. The van der Waals surface area contributed by atoms with Gasteiger partial charge in [0.15, 0.2) is 0 Å². The fraction of sp³-hybridized carbons (Fsp3) is 0.400. The first-order valence-electron chi connectivity index (χ1n) is 8.98. The van der Waals surface area contributed by atoms with Gasteiger partial charge in [0, 0.05) is 11.1 Å². The average Bonchev–Trinajstić information content (AvgIpc) is 2.61. The summed E-state index contributed by atoms with van der Waals surface area (Å²) < 4.78 is 28.0. The number of aliphatic hydroxyl groups excluding tert-OH is 1. The van der Waals surface area contributed by atoms with Gasteiger partial charge in [0.2, 0.25) is 10.0 Å². The van der Waals surface area contributed by atoms with E-state index in [0.29, 0.717) is 24.3 Å². The molecule has 5 nitrogen and oxygen atoms in total. The Balaban J connectivity index is 0.00000280. The molecule has 2 atom stereocenters. The first kappa shape index (κ1) is 23.8. The van der Waals surface area contributed by atoms with Crippen molar-refractivity contribution in [3.8, 4) is 0 Å². The number of fused-ring (bicyclic) bond motifs is 1. The normalized spacial score (nSPS) is 17.5. The molecule has 2 aromatic rings. The van der Waals surface area contributed by atoms with Gasteiger partial charge in [-0.25, -0.2) is 13.1 Å². The number of hydrogen-bond donors (Lipinski definition) is 2. The van der Waals surface area contributed by atoms with E-state index in [1.54, 1.807) is 12.1 Å². The molecule has 0 saturated carbocycles. The van der Waals surface area contributed by atoms with Crippen LogP contribution in [0.1, 0.15) is 35.1 Å². The number of benzene rings is 2. The van der Waals surface area contributed by atoms with Crippen molar-refractivity contribution in [3.63, 3.8) is 0 Å². The summed E-state index contributed by atoms with van der Waals surface area (Å²) in [5.74, 6) is 0. The summed E-state index contributed by atoms with van der Waals surface area (Å²) in [6.45, 7) is 2.00. The van der Waals surface area contributed by atoms with Crippen molar-refractivity contribution in [2.24, 2.45) is 0 Å². The van der Waals surface area contributed by atoms with Crippen LogP contribution < -0.4 is 39.4 Å². The summed E-state index contributed by atoms with van der Waals surface area (Å²) in [5.41, 5.74) is 4.51. The van der Waals surface area contributed by atoms with Crippen LogP contribution in [0.25, 0.3) is 0 Å². The zero-order valence-electron chi connectivity index (χ0n) is 16.1. The van der Waals surface area contributed by atoms with Crippen molar-refractivity contribution in [1.29, 1.82) is 0 Å². The van der Waals surface area contributed by atoms with E-state index < -0.39 is 16.3 Å². The van der Waals surface area contributed by atoms with Crippen LogP contribution in [0.2, 0.25) is 5.02 Å². The molecule has 28 heavy (non-hydrogen) atoms. The SMILES string of the molecule is Cc1ccc2c(c1CCC([O-])O)CC[C@@H](NS(=O)(=O)c1ccc(Cl)cc1)C2.[Na+]. The molecule has 0 aliphatic heterocycles.